The summed E-state index contributed by atoms with van der Waals surface area (Å²) in [5.74, 6) is -0.0906. The zero-order valence-corrected chi connectivity index (χ0v) is 12.0. The van der Waals surface area contributed by atoms with Gasteiger partial charge in [0.2, 0.25) is 0 Å². The summed E-state index contributed by atoms with van der Waals surface area (Å²) < 4.78 is 0. The summed E-state index contributed by atoms with van der Waals surface area (Å²) in [6.07, 6.45) is 0.962. The van der Waals surface area contributed by atoms with Crippen LogP contribution in [0.15, 0.2) is 23.3 Å². The van der Waals surface area contributed by atoms with Crippen molar-refractivity contribution in [2.45, 2.75) is 13.3 Å². The number of benzene rings is 1. The average Bonchev–Trinajstić information content (AvgIpc) is 2.77. The summed E-state index contributed by atoms with van der Waals surface area (Å²) in [6, 6.07) is 6.10. The van der Waals surface area contributed by atoms with Gasteiger partial charge in [-0.15, -0.1) is 0 Å². The van der Waals surface area contributed by atoms with Gasteiger partial charge >= 0.3 is 0 Å². The Balaban J connectivity index is 1.89. The molecule has 0 atom stereocenters. The lowest BCUT2D eigenvalue weighted by Crippen LogP contribution is -2.42. The number of hydrogen-bond acceptors (Lipinski definition) is 4. The van der Waals surface area contributed by atoms with Crippen molar-refractivity contribution in [3.63, 3.8) is 0 Å². The number of anilines is 1. The zero-order valence-electron chi connectivity index (χ0n) is 12.0. The molecule has 0 aromatic heterocycles. The minimum atomic E-state index is -0.0906. The number of hydrogen-bond donors (Lipinski definition) is 1. The van der Waals surface area contributed by atoms with E-state index in [1.165, 1.54) is 5.56 Å². The van der Waals surface area contributed by atoms with Crippen molar-refractivity contribution >= 4 is 17.3 Å². The van der Waals surface area contributed by atoms with Gasteiger partial charge in [-0.2, -0.15) is 5.10 Å². The van der Waals surface area contributed by atoms with Crippen LogP contribution in [0.4, 0.5) is 5.69 Å². The second-order valence-corrected chi connectivity index (χ2v) is 5.39. The highest BCUT2D eigenvalue weighted by Gasteiger charge is 2.27. The van der Waals surface area contributed by atoms with Crippen LogP contribution < -0.4 is 5.32 Å². The monoisotopic (exact) mass is 272 g/mol. The molecule has 0 saturated carbocycles. The minimum absolute atomic E-state index is 0.0906. The molecule has 3 rings (SSSR count). The maximum absolute atomic E-state index is 12.1. The van der Waals surface area contributed by atoms with Gasteiger partial charge in [-0.1, -0.05) is 13.0 Å². The van der Waals surface area contributed by atoms with E-state index in [0.29, 0.717) is 5.71 Å². The van der Waals surface area contributed by atoms with Gasteiger partial charge in [-0.05, 0) is 31.2 Å². The number of piperazine rings is 1. The number of fused-ring (bicyclic) bond motifs is 1. The summed E-state index contributed by atoms with van der Waals surface area (Å²) >= 11 is 0. The molecule has 0 unspecified atom stereocenters. The van der Waals surface area contributed by atoms with Crippen LogP contribution in [0.1, 0.15) is 18.1 Å². The van der Waals surface area contributed by atoms with Gasteiger partial charge in [0.25, 0.3) is 5.91 Å². The first-order chi connectivity index (χ1) is 9.67. The smallest absolute Gasteiger partial charge is 0.276 e. The lowest BCUT2D eigenvalue weighted by Gasteiger charge is -2.30. The highest BCUT2D eigenvalue weighted by atomic mass is 16.2. The molecule has 2 heterocycles. The molecule has 2 aliphatic rings. The van der Waals surface area contributed by atoms with Crippen LogP contribution in [0.3, 0.4) is 0 Å². The predicted molar refractivity (Wildman–Crippen MR) is 80.1 cm³/mol. The molecule has 1 aromatic rings. The number of hydrazone groups is 1. The molecule has 1 N–H and O–H groups in total. The maximum atomic E-state index is 12.1. The second kappa shape index (κ2) is 5.25. The van der Waals surface area contributed by atoms with Crippen molar-refractivity contribution in [1.82, 2.24) is 9.91 Å². The van der Waals surface area contributed by atoms with E-state index in [9.17, 15) is 4.79 Å². The van der Waals surface area contributed by atoms with E-state index in [1.54, 1.807) is 0 Å². The summed E-state index contributed by atoms with van der Waals surface area (Å²) in [5, 5.41) is 9.47. The Bertz CT molecular complexity index is 559. The number of carbonyl (C=O) groups is 1. The molecule has 1 saturated heterocycles. The van der Waals surface area contributed by atoms with Gasteiger partial charge < -0.3 is 10.2 Å². The molecular weight excluding hydrogens is 252 g/mol. The third-order valence-electron chi connectivity index (χ3n) is 3.93. The molecule has 5 heteroatoms. The fraction of sp³-hybridized carbons (Fsp3) is 0.467. The van der Waals surface area contributed by atoms with Crippen LogP contribution in [0, 0.1) is 0 Å². The van der Waals surface area contributed by atoms with Gasteiger partial charge in [0.05, 0.1) is 5.69 Å². The van der Waals surface area contributed by atoms with Crippen LogP contribution in [0.5, 0.6) is 0 Å². The lowest BCUT2D eigenvalue weighted by atomic mass is 10.1. The molecule has 0 radical (unpaired) electrons. The molecule has 106 valence electrons. The number of aryl methyl sites for hydroxylation is 1. The molecule has 1 fully saturated rings. The van der Waals surface area contributed by atoms with Gasteiger partial charge in [-0.3, -0.25) is 9.80 Å². The molecule has 0 aliphatic carbocycles. The van der Waals surface area contributed by atoms with E-state index in [1.807, 2.05) is 11.1 Å². The number of amides is 1. The van der Waals surface area contributed by atoms with Crippen molar-refractivity contribution in [2.75, 3.05) is 38.5 Å². The standard InChI is InChI=1S/C15H20N4O/c1-3-11-4-5-13-12(10-11)14(15(20)16-13)17-19-8-6-18(2)7-9-19/h4-5,10H,3,6-9H2,1-2H3,(H,16,17,20). The third-order valence-corrected chi connectivity index (χ3v) is 3.93. The number of rotatable bonds is 2. The van der Waals surface area contributed by atoms with E-state index in [-0.39, 0.29) is 5.91 Å². The Labute approximate surface area is 119 Å². The van der Waals surface area contributed by atoms with E-state index >= 15 is 0 Å². The van der Waals surface area contributed by atoms with Gasteiger partial charge in [-0.25, -0.2) is 0 Å². The first kappa shape index (κ1) is 13.1. The molecule has 1 aromatic carbocycles. The molecular formula is C15H20N4O. The quantitative estimate of drug-likeness (QED) is 0.878. The third kappa shape index (κ3) is 2.41. The van der Waals surface area contributed by atoms with Crippen molar-refractivity contribution in [3.8, 4) is 0 Å². The zero-order chi connectivity index (χ0) is 14.1. The summed E-state index contributed by atoms with van der Waals surface area (Å²) in [7, 11) is 2.11. The number of carbonyl (C=O) groups excluding carboxylic acids is 1. The van der Waals surface area contributed by atoms with Crippen LogP contribution in [-0.2, 0) is 11.2 Å². The fourth-order valence-electron chi connectivity index (χ4n) is 2.56. The predicted octanol–water partition coefficient (Wildman–Crippen LogP) is 1.15. The van der Waals surface area contributed by atoms with E-state index in [4.69, 9.17) is 0 Å². The lowest BCUT2D eigenvalue weighted by molar-refractivity contribution is -0.110. The summed E-state index contributed by atoms with van der Waals surface area (Å²) in [4.78, 5) is 14.4. The Hall–Kier alpha value is -1.88. The fourth-order valence-corrected chi connectivity index (χ4v) is 2.56. The first-order valence-corrected chi connectivity index (χ1v) is 7.14. The van der Waals surface area contributed by atoms with E-state index < -0.39 is 0 Å². The van der Waals surface area contributed by atoms with Crippen LogP contribution in [-0.4, -0.2) is 54.8 Å². The summed E-state index contributed by atoms with van der Waals surface area (Å²) in [5.41, 5.74) is 3.60. The number of likely N-dealkylation sites (N-methyl/N-ethyl adjacent to an activating group) is 1. The normalized spacial score (nSPS) is 21.2. The van der Waals surface area contributed by atoms with Crippen molar-refractivity contribution in [3.05, 3.63) is 29.3 Å². The Morgan fingerprint density at radius 1 is 1.25 bits per heavy atom. The molecule has 20 heavy (non-hydrogen) atoms. The topological polar surface area (TPSA) is 47.9 Å². The van der Waals surface area contributed by atoms with Crippen LogP contribution in [0.2, 0.25) is 0 Å². The Morgan fingerprint density at radius 2 is 2.00 bits per heavy atom. The highest BCUT2D eigenvalue weighted by molar-refractivity contribution is 6.53. The largest absolute Gasteiger partial charge is 0.320 e. The van der Waals surface area contributed by atoms with E-state index in [0.717, 1.165) is 43.9 Å². The average molecular weight is 272 g/mol. The minimum Gasteiger partial charge on any atom is -0.320 e. The molecule has 0 bridgehead atoms. The van der Waals surface area contributed by atoms with E-state index in [2.05, 4.69) is 41.4 Å². The molecule has 5 nitrogen and oxygen atoms in total. The SMILES string of the molecule is CCc1ccc2c(c1)/C(=N/N1CCN(C)CC1)C(=O)N2. The Morgan fingerprint density at radius 3 is 2.70 bits per heavy atom. The van der Waals surface area contributed by atoms with Crippen molar-refractivity contribution in [1.29, 1.82) is 0 Å². The second-order valence-electron chi connectivity index (χ2n) is 5.39. The molecule has 2 aliphatic heterocycles. The van der Waals surface area contributed by atoms with Crippen LogP contribution in [0.25, 0.3) is 0 Å². The Kier molecular flexibility index (Phi) is 3.44. The number of nitrogens with zero attached hydrogens (tertiary/aromatic N) is 3. The maximum Gasteiger partial charge on any atom is 0.276 e. The van der Waals surface area contributed by atoms with Crippen molar-refractivity contribution < 1.29 is 4.79 Å². The number of nitrogens with one attached hydrogen (secondary N) is 1. The van der Waals surface area contributed by atoms with Gasteiger partial charge in [0.15, 0.2) is 5.71 Å². The first-order valence-electron chi connectivity index (χ1n) is 7.14. The highest BCUT2D eigenvalue weighted by Crippen LogP contribution is 2.25. The summed E-state index contributed by atoms with van der Waals surface area (Å²) in [6.45, 7) is 5.83. The van der Waals surface area contributed by atoms with Crippen LogP contribution >= 0.6 is 0 Å². The van der Waals surface area contributed by atoms with Crippen molar-refractivity contribution in [2.24, 2.45) is 5.10 Å². The van der Waals surface area contributed by atoms with Gasteiger partial charge in [0, 0.05) is 31.7 Å². The van der Waals surface area contributed by atoms with Gasteiger partial charge in [0.1, 0.15) is 0 Å². The molecule has 0 spiro atoms. The molecule has 1 amide bonds.